The molecular weight excluding hydrogens is 444 g/mol. The van der Waals surface area contributed by atoms with Gasteiger partial charge < -0.3 is 14.4 Å². The van der Waals surface area contributed by atoms with E-state index in [9.17, 15) is 9.59 Å². The van der Waals surface area contributed by atoms with E-state index < -0.39 is 0 Å². The molecule has 2 heterocycles. The van der Waals surface area contributed by atoms with Gasteiger partial charge in [0.25, 0.3) is 11.5 Å². The van der Waals surface area contributed by atoms with E-state index in [1.54, 1.807) is 23.2 Å². The molecule has 0 radical (unpaired) electrons. The van der Waals surface area contributed by atoms with Gasteiger partial charge in [-0.15, -0.1) is 0 Å². The van der Waals surface area contributed by atoms with Crippen molar-refractivity contribution in [3.05, 3.63) is 70.3 Å². The molecule has 2 aromatic carbocycles. The fourth-order valence-corrected chi connectivity index (χ4v) is 4.76. The molecule has 8 nitrogen and oxygen atoms in total. The average Bonchev–Trinajstić information content (AvgIpc) is 2.92. The second-order valence-corrected chi connectivity index (χ2v) is 9.00. The van der Waals surface area contributed by atoms with Crippen molar-refractivity contribution >= 4 is 23.0 Å². The lowest BCUT2D eigenvalue weighted by molar-refractivity contribution is -0.137. The van der Waals surface area contributed by atoms with Crippen LogP contribution in [0.3, 0.4) is 0 Å². The molecule has 1 aromatic heterocycles. The molecule has 5 rings (SSSR count). The Labute approximate surface area is 204 Å². The summed E-state index contributed by atoms with van der Waals surface area (Å²) in [6.07, 6.45) is 7.10. The van der Waals surface area contributed by atoms with Gasteiger partial charge in [-0.05, 0) is 37.1 Å². The smallest absolute Gasteiger partial charge is 0.282 e. The molecule has 182 valence electrons. The van der Waals surface area contributed by atoms with Crippen LogP contribution < -0.4 is 10.3 Å². The van der Waals surface area contributed by atoms with Crippen molar-refractivity contribution in [2.75, 3.05) is 32.9 Å². The maximum absolute atomic E-state index is 13.4. The van der Waals surface area contributed by atoms with Crippen LogP contribution >= 0.6 is 0 Å². The number of rotatable bonds is 6. The minimum atomic E-state index is -0.173. The highest BCUT2D eigenvalue weighted by atomic mass is 16.5. The summed E-state index contributed by atoms with van der Waals surface area (Å²) < 4.78 is 12.6. The molecule has 1 aliphatic carbocycles. The maximum Gasteiger partial charge on any atom is 0.282 e. The molecule has 1 aliphatic heterocycles. The van der Waals surface area contributed by atoms with Crippen LogP contribution in [-0.4, -0.2) is 59.6 Å². The molecule has 1 amide bonds. The first-order valence-electron chi connectivity index (χ1n) is 12.3. The first-order valence-corrected chi connectivity index (χ1v) is 12.3. The standard InChI is InChI=1S/C27H30N4O4/c32-25(30-14-16-34-17-15-30)19-35-24-13-7-4-10-21(24)18-28-31-26(20-8-2-1-3-9-20)29-23-12-6-5-11-22(23)27(31)33/h4-7,10-13,18,20H,1-3,8-9,14-17,19H2. The molecule has 2 aliphatic rings. The quantitative estimate of drug-likeness (QED) is 0.510. The van der Waals surface area contributed by atoms with E-state index in [0.717, 1.165) is 25.7 Å². The number of fused-ring (bicyclic) bond motifs is 1. The first kappa shape index (κ1) is 23.2. The van der Waals surface area contributed by atoms with Crippen LogP contribution in [0, 0.1) is 0 Å². The molecule has 1 saturated heterocycles. The molecule has 35 heavy (non-hydrogen) atoms. The third-order valence-electron chi connectivity index (χ3n) is 6.70. The number of hydrogen-bond donors (Lipinski definition) is 0. The van der Waals surface area contributed by atoms with E-state index in [1.165, 1.54) is 11.1 Å². The summed E-state index contributed by atoms with van der Waals surface area (Å²) in [5, 5.41) is 5.15. The van der Waals surface area contributed by atoms with Gasteiger partial charge >= 0.3 is 0 Å². The number of nitrogens with zero attached hydrogens (tertiary/aromatic N) is 4. The van der Waals surface area contributed by atoms with Crippen LogP contribution in [0.5, 0.6) is 5.75 Å². The fourth-order valence-electron chi connectivity index (χ4n) is 4.76. The number of carbonyl (C=O) groups excluding carboxylic acids is 1. The molecule has 0 atom stereocenters. The van der Waals surface area contributed by atoms with Crippen LogP contribution in [-0.2, 0) is 9.53 Å². The molecule has 1 saturated carbocycles. The number of para-hydroxylation sites is 2. The molecule has 0 bridgehead atoms. The van der Waals surface area contributed by atoms with Crippen LogP contribution in [0.25, 0.3) is 10.9 Å². The van der Waals surface area contributed by atoms with Gasteiger partial charge in [0.15, 0.2) is 6.61 Å². The normalized spacial score (nSPS) is 17.2. The number of aromatic nitrogens is 2. The Morgan fingerprint density at radius 1 is 1.06 bits per heavy atom. The average molecular weight is 475 g/mol. The Morgan fingerprint density at radius 2 is 1.80 bits per heavy atom. The van der Waals surface area contributed by atoms with Crippen molar-refractivity contribution in [3.8, 4) is 5.75 Å². The molecular formula is C27H30N4O4. The van der Waals surface area contributed by atoms with E-state index in [1.807, 2.05) is 36.4 Å². The number of benzene rings is 2. The SMILES string of the molecule is O=C(COc1ccccc1C=Nn1c(C2CCCCC2)nc2ccccc2c1=O)N1CCOCC1. The minimum absolute atomic E-state index is 0.0599. The lowest BCUT2D eigenvalue weighted by atomic mass is 9.88. The highest BCUT2D eigenvalue weighted by Gasteiger charge is 2.22. The van der Waals surface area contributed by atoms with Crippen molar-refractivity contribution in [2.24, 2.45) is 5.10 Å². The maximum atomic E-state index is 13.4. The van der Waals surface area contributed by atoms with Gasteiger partial charge in [-0.1, -0.05) is 43.5 Å². The molecule has 0 unspecified atom stereocenters. The van der Waals surface area contributed by atoms with Crippen LogP contribution in [0.2, 0.25) is 0 Å². The summed E-state index contributed by atoms with van der Waals surface area (Å²) in [5.74, 6) is 1.38. The van der Waals surface area contributed by atoms with Crippen molar-refractivity contribution in [3.63, 3.8) is 0 Å². The van der Waals surface area contributed by atoms with Crippen molar-refractivity contribution in [1.29, 1.82) is 0 Å². The zero-order chi connectivity index (χ0) is 24.0. The van der Waals surface area contributed by atoms with Gasteiger partial charge in [-0.2, -0.15) is 9.78 Å². The summed E-state index contributed by atoms with van der Waals surface area (Å²) in [7, 11) is 0. The van der Waals surface area contributed by atoms with Crippen LogP contribution in [0.1, 0.15) is 49.4 Å². The van der Waals surface area contributed by atoms with E-state index in [4.69, 9.17) is 14.5 Å². The number of amides is 1. The van der Waals surface area contributed by atoms with Gasteiger partial charge in [-0.25, -0.2) is 4.98 Å². The monoisotopic (exact) mass is 474 g/mol. The fraction of sp³-hybridized carbons (Fsp3) is 0.407. The first-order chi connectivity index (χ1) is 17.2. The van der Waals surface area contributed by atoms with E-state index >= 15 is 0 Å². The largest absolute Gasteiger partial charge is 0.483 e. The highest BCUT2D eigenvalue weighted by Crippen LogP contribution is 2.31. The molecule has 8 heteroatoms. The number of ether oxygens (including phenoxy) is 2. The summed E-state index contributed by atoms with van der Waals surface area (Å²) in [6.45, 7) is 2.19. The molecule has 0 N–H and O–H groups in total. The van der Waals surface area contributed by atoms with Gasteiger partial charge in [0.05, 0.1) is 30.3 Å². The van der Waals surface area contributed by atoms with Crippen LogP contribution in [0.4, 0.5) is 0 Å². The van der Waals surface area contributed by atoms with Gasteiger partial charge in [0, 0.05) is 24.6 Å². The molecule has 3 aromatic rings. The highest BCUT2D eigenvalue weighted by molar-refractivity contribution is 5.84. The van der Waals surface area contributed by atoms with Gasteiger partial charge in [-0.3, -0.25) is 9.59 Å². The Morgan fingerprint density at radius 3 is 2.63 bits per heavy atom. The number of hydrogen-bond acceptors (Lipinski definition) is 6. The lowest BCUT2D eigenvalue weighted by Crippen LogP contribution is -2.43. The van der Waals surface area contributed by atoms with E-state index in [-0.39, 0.29) is 24.0 Å². The topological polar surface area (TPSA) is 86.0 Å². The summed E-state index contributed by atoms with van der Waals surface area (Å²) in [4.78, 5) is 32.5. The summed E-state index contributed by atoms with van der Waals surface area (Å²) >= 11 is 0. The summed E-state index contributed by atoms with van der Waals surface area (Å²) in [5.41, 5.74) is 1.22. The number of morpholine rings is 1. The van der Waals surface area contributed by atoms with E-state index in [2.05, 4.69) is 5.10 Å². The Kier molecular flexibility index (Phi) is 7.18. The molecule has 0 spiro atoms. The van der Waals surface area contributed by atoms with Crippen molar-refractivity contribution in [1.82, 2.24) is 14.6 Å². The predicted octanol–water partition coefficient (Wildman–Crippen LogP) is 3.56. The third kappa shape index (κ3) is 5.27. The molecule has 2 fully saturated rings. The zero-order valence-corrected chi connectivity index (χ0v) is 19.8. The van der Waals surface area contributed by atoms with Gasteiger partial charge in [0.2, 0.25) is 0 Å². The second kappa shape index (κ2) is 10.8. The van der Waals surface area contributed by atoms with Crippen molar-refractivity contribution in [2.45, 2.75) is 38.0 Å². The lowest BCUT2D eigenvalue weighted by Gasteiger charge is -2.26. The van der Waals surface area contributed by atoms with E-state index in [0.29, 0.717) is 54.3 Å². The van der Waals surface area contributed by atoms with Gasteiger partial charge in [0.1, 0.15) is 11.6 Å². The van der Waals surface area contributed by atoms with Crippen molar-refractivity contribution < 1.29 is 14.3 Å². The van der Waals surface area contributed by atoms with Crippen LogP contribution in [0.15, 0.2) is 58.4 Å². The Balaban J connectivity index is 1.43. The second-order valence-electron chi connectivity index (χ2n) is 9.00. The Bertz CT molecular complexity index is 1270. The third-order valence-corrected chi connectivity index (χ3v) is 6.70. The predicted molar refractivity (Wildman–Crippen MR) is 134 cm³/mol. The number of carbonyl (C=O) groups is 1. The Hall–Kier alpha value is -3.52. The minimum Gasteiger partial charge on any atom is -0.483 e. The zero-order valence-electron chi connectivity index (χ0n) is 19.8. The summed E-state index contributed by atoms with van der Waals surface area (Å²) in [6, 6.07) is 14.8.